The van der Waals surface area contributed by atoms with Crippen molar-refractivity contribution < 1.29 is 14.6 Å². The van der Waals surface area contributed by atoms with Gasteiger partial charge in [-0.25, -0.2) is 4.39 Å². The van der Waals surface area contributed by atoms with Crippen molar-refractivity contribution in [2.45, 2.75) is 39.8 Å². The van der Waals surface area contributed by atoms with Crippen molar-refractivity contribution >= 4 is 0 Å². The van der Waals surface area contributed by atoms with Crippen LogP contribution >= 0.6 is 0 Å². The third-order valence-electron chi connectivity index (χ3n) is 1.43. The molecule has 0 aliphatic rings. The first kappa shape index (κ1) is 14.4. The normalized spacial score (nSPS) is 15.0. The molecule has 0 fully saturated rings. The van der Waals surface area contributed by atoms with Crippen molar-refractivity contribution in [2.24, 2.45) is 5.92 Å². The Bertz CT molecular complexity index is 86.5. The van der Waals surface area contributed by atoms with Gasteiger partial charge in [0.05, 0.1) is 6.61 Å². The maximum Gasteiger partial charge on any atom is 0.130 e. The molecule has 2 N–H and O–H groups in total. The van der Waals surface area contributed by atoms with Gasteiger partial charge in [0, 0.05) is 6.61 Å². The Morgan fingerprint density at radius 3 is 1.67 bits per heavy atom. The first-order valence-electron chi connectivity index (χ1n) is 4.30. The van der Waals surface area contributed by atoms with Crippen LogP contribution in [0.2, 0.25) is 0 Å². The maximum atomic E-state index is 12.3. The molecule has 0 rings (SSSR count). The van der Waals surface area contributed by atoms with Crippen LogP contribution in [0.1, 0.15) is 34.1 Å². The summed E-state index contributed by atoms with van der Waals surface area (Å²) in [4.78, 5) is 0. The highest BCUT2D eigenvalue weighted by Gasteiger charge is 2.17. The lowest BCUT2D eigenvalue weighted by Crippen LogP contribution is -2.20. The number of hydrogen-bond acceptors (Lipinski definition) is 2. The minimum Gasteiger partial charge on any atom is -0.396 e. The summed E-state index contributed by atoms with van der Waals surface area (Å²) in [6.45, 7) is 6.97. The molecule has 0 saturated carbocycles. The zero-order valence-electron chi connectivity index (χ0n) is 8.47. The Labute approximate surface area is 74.4 Å². The topological polar surface area (TPSA) is 40.5 Å². The van der Waals surface area contributed by atoms with Crippen LogP contribution in [0, 0.1) is 5.92 Å². The molecule has 0 spiro atoms. The number of alkyl halides is 1. The quantitative estimate of drug-likeness (QED) is 0.694. The molecule has 76 valence electrons. The van der Waals surface area contributed by atoms with Crippen LogP contribution in [-0.4, -0.2) is 29.1 Å². The molecule has 0 amide bonds. The summed E-state index contributed by atoms with van der Waals surface area (Å²) in [5, 5.41) is 16.4. The van der Waals surface area contributed by atoms with Crippen LogP contribution in [0.3, 0.4) is 0 Å². The van der Waals surface area contributed by atoms with Gasteiger partial charge in [0.25, 0.3) is 0 Å². The highest BCUT2D eigenvalue weighted by molar-refractivity contribution is 4.67. The van der Waals surface area contributed by atoms with Gasteiger partial charge in [0.2, 0.25) is 0 Å². The Balaban J connectivity index is 0. The minimum atomic E-state index is -1.36. The van der Waals surface area contributed by atoms with Gasteiger partial charge in [-0.15, -0.1) is 0 Å². The van der Waals surface area contributed by atoms with Gasteiger partial charge in [0.15, 0.2) is 0 Å². The predicted molar refractivity (Wildman–Crippen MR) is 48.8 cm³/mol. The monoisotopic (exact) mass is 180 g/mol. The fraction of sp³-hybridized carbons (Fsp3) is 1.00. The molecule has 3 heteroatoms. The lowest BCUT2D eigenvalue weighted by molar-refractivity contribution is 0.0846. The predicted octanol–water partition coefficient (Wildman–Crippen LogP) is 1.75. The van der Waals surface area contributed by atoms with Gasteiger partial charge in [-0.3, -0.25) is 0 Å². The Hall–Kier alpha value is -0.150. The van der Waals surface area contributed by atoms with E-state index in [0.29, 0.717) is 18.9 Å². The van der Waals surface area contributed by atoms with Gasteiger partial charge in [-0.05, 0) is 19.3 Å². The SMILES string of the molecule is CC(C)CO.CCC(C)(F)CO. The second kappa shape index (κ2) is 7.50. The average molecular weight is 180 g/mol. The lowest BCUT2D eigenvalue weighted by Gasteiger charge is -2.12. The molecular formula is C9H21FO2. The number of aliphatic hydroxyl groups is 2. The fourth-order valence-electron chi connectivity index (χ4n) is 0.112. The zero-order chi connectivity index (χ0) is 10.2. The number of hydrogen-bond donors (Lipinski definition) is 2. The van der Waals surface area contributed by atoms with Crippen LogP contribution < -0.4 is 0 Å². The van der Waals surface area contributed by atoms with E-state index in [1.807, 2.05) is 13.8 Å². The zero-order valence-corrected chi connectivity index (χ0v) is 8.47. The van der Waals surface area contributed by atoms with E-state index in [2.05, 4.69) is 0 Å². The molecule has 0 bridgehead atoms. The molecule has 2 nitrogen and oxygen atoms in total. The van der Waals surface area contributed by atoms with Crippen molar-refractivity contribution in [3.05, 3.63) is 0 Å². The van der Waals surface area contributed by atoms with E-state index in [-0.39, 0.29) is 6.61 Å². The molecule has 1 unspecified atom stereocenters. The lowest BCUT2D eigenvalue weighted by atomic mass is 10.1. The first-order chi connectivity index (χ1) is 5.39. The minimum absolute atomic E-state index is 0.306. The summed E-state index contributed by atoms with van der Waals surface area (Å²) in [6.07, 6.45) is 0.378. The maximum absolute atomic E-state index is 12.3. The molecule has 0 aromatic heterocycles. The van der Waals surface area contributed by atoms with Crippen LogP contribution in [0.4, 0.5) is 4.39 Å². The third-order valence-corrected chi connectivity index (χ3v) is 1.43. The van der Waals surface area contributed by atoms with E-state index >= 15 is 0 Å². The highest BCUT2D eigenvalue weighted by Crippen LogP contribution is 2.11. The molecule has 12 heavy (non-hydrogen) atoms. The van der Waals surface area contributed by atoms with Crippen molar-refractivity contribution in [1.82, 2.24) is 0 Å². The van der Waals surface area contributed by atoms with E-state index in [1.165, 1.54) is 6.92 Å². The number of aliphatic hydroxyl groups excluding tert-OH is 2. The summed E-state index contributed by atoms with van der Waals surface area (Å²) in [5.41, 5.74) is -1.36. The number of rotatable bonds is 3. The van der Waals surface area contributed by atoms with E-state index in [1.54, 1.807) is 6.92 Å². The van der Waals surface area contributed by atoms with Gasteiger partial charge in [-0.1, -0.05) is 20.8 Å². The summed E-state index contributed by atoms with van der Waals surface area (Å²) in [5.74, 6) is 0.440. The molecule has 1 atom stereocenters. The molecule has 0 aromatic carbocycles. The van der Waals surface area contributed by atoms with E-state index in [0.717, 1.165) is 0 Å². The van der Waals surface area contributed by atoms with Gasteiger partial charge < -0.3 is 10.2 Å². The van der Waals surface area contributed by atoms with Crippen LogP contribution in [0.15, 0.2) is 0 Å². The van der Waals surface area contributed by atoms with Crippen molar-refractivity contribution in [3.63, 3.8) is 0 Å². The first-order valence-corrected chi connectivity index (χ1v) is 4.30. The second-order valence-electron chi connectivity index (χ2n) is 3.50. The van der Waals surface area contributed by atoms with Crippen molar-refractivity contribution in [3.8, 4) is 0 Å². The average Bonchev–Trinajstić information content (AvgIpc) is 2.05. The van der Waals surface area contributed by atoms with Crippen molar-refractivity contribution in [2.75, 3.05) is 13.2 Å². The number of halogens is 1. The summed E-state index contributed by atoms with van der Waals surface area (Å²) in [6, 6.07) is 0. The molecule has 0 aliphatic carbocycles. The standard InChI is InChI=1S/C5H11FO.C4H10O/c1-3-5(2,6)4-7;1-4(2)3-5/h7H,3-4H2,1-2H3;4-5H,3H2,1-2H3. The van der Waals surface area contributed by atoms with Crippen LogP contribution in [0.5, 0.6) is 0 Å². The molecule has 0 radical (unpaired) electrons. The largest absolute Gasteiger partial charge is 0.396 e. The summed E-state index contributed by atoms with van der Waals surface area (Å²) in [7, 11) is 0. The second-order valence-corrected chi connectivity index (χ2v) is 3.50. The molecule has 0 heterocycles. The molecule has 0 aromatic rings. The van der Waals surface area contributed by atoms with Gasteiger partial charge in [-0.2, -0.15) is 0 Å². The highest BCUT2D eigenvalue weighted by atomic mass is 19.1. The Morgan fingerprint density at radius 2 is 1.67 bits per heavy atom. The van der Waals surface area contributed by atoms with E-state index in [9.17, 15) is 4.39 Å². The fourth-order valence-corrected chi connectivity index (χ4v) is 0.112. The summed E-state index contributed by atoms with van der Waals surface area (Å²) >= 11 is 0. The van der Waals surface area contributed by atoms with E-state index < -0.39 is 5.67 Å². The third kappa shape index (κ3) is 12.5. The van der Waals surface area contributed by atoms with Crippen LogP contribution in [0.25, 0.3) is 0 Å². The molecule has 0 aliphatic heterocycles. The molecular weight excluding hydrogens is 159 g/mol. The Kier molecular flexibility index (Phi) is 8.98. The Morgan fingerprint density at radius 1 is 1.33 bits per heavy atom. The molecule has 0 saturated heterocycles. The van der Waals surface area contributed by atoms with Crippen LogP contribution in [-0.2, 0) is 0 Å². The van der Waals surface area contributed by atoms with Crippen molar-refractivity contribution in [1.29, 1.82) is 0 Å². The van der Waals surface area contributed by atoms with Gasteiger partial charge >= 0.3 is 0 Å². The van der Waals surface area contributed by atoms with Gasteiger partial charge in [0.1, 0.15) is 5.67 Å². The summed E-state index contributed by atoms with van der Waals surface area (Å²) < 4.78 is 12.3. The smallest absolute Gasteiger partial charge is 0.130 e. The van der Waals surface area contributed by atoms with E-state index in [4.69, 9.17) is 10.2 Å².